The summed E-state index contributed by atoms with van der Waals surface area (Å²) in [6, 6.07) is 11.3. The summed E-state index contributed by atoms with van der Waals surface area (Å²) in [5.41, 5.74) is 1.77. The Bertz CT molecular complexity index is 887. The average Bonchev–Trinajstić information content (AvgIpc) is 3.57. The van der Waals surface area contributed by atoms with Crippen molar-refractivity contribution < 1.29 is 27.8 Å². The fourth-order valence-electron chi connectivity index (χ4n) is 3.56. The van der Waals surface area contributed by atoms with E-state index in [1.807, 2.05) is 25.1 Å². The van der Waals surface area contributed by atoms with E-state index in [-0.39, 0.29) is 23.9 Å². The Balaban J connectivity index is 1.39. The first-order valence-electron chi connectivity index (χ1n) is 10.0. The molecule has 0 spiro atoms. The maximum atomic E-state index is 12.6. The smallest absolute Gasteiger partial charge is 0.387 e. The van der Waals surface area contributed by atoms with Gasteiger partial charge in [-0.3, -0.25) is 0 Å². The molecule has 2 amide bonds. The number of urea groups is 1. The minimum Gasteiger partial charge on any atom is -0.486 e. The fraction of sp³-hybridized carbons (Fsp3) is 0.409. The lowest BCUT2D eigenvalue weighted by Gasteiger charge is -2.24. The number of hydrogen-bond donors (Lipinski definition) is 2. The number of halogens is 2. The van der Waals surface area contributed by atoms with Gasteiger partial charge < -0.3 is 24.8 Å². The number of carbonyl (C=O) groups is 1. The third-order valence-electron chi connectivity index (χ3n) is 5.26. The number of alkyl halides is 2. The molecular formula is C22H24F2N2O4. The van der Waals surface area contributed by atoms with Gasteiger partial charge in [-0.1, -0.05) is 18.2 Å². The van der Waals surface area contributed by atoms with Gasteiger partial charge in [0.15, 0.2) is 11.5 Å². The Morgan fingerprint density at radius 1 is 1.00 bits per heavy atom. The van der Waals surface area contributed by atoms with Crippen LogP contribution in [0.2, 0.25) is 0 Å². The second-order valence-corrected chi connectivity index (χ2v) is 7.51. The highest BCUT2D eigenvalue weighted by Crippen LogP contribution is 2.43. The Labute approximate surface area is 173 Å². The van der Waals surface area contributed by atoms with E-state index >= 15 is 0 Å². The van der Waals surface area contributed by atoms with Crippen molar-refractivity contribution in [3.8, 4) is 17.2 Å². The molecule has 2 aromatic carbocycles. The molecular weight excluding hydrogens is 394 g/mol. The molecule has 2 aromatic rings. The second-order valence-electron chi connectivity index (χ2n) is 7.51. The van der Waals surface area contributed by atoms with Gasteiger partial charge in [0.25, 0.3) is 0 Å². The zero-order chi connectivity index (χ0) is 21.1. The maximum absolute atomic E-state index is 12.6. The van der Waals surface area contributed by atoms with Crippen molar-refractivity contribution in [3.63, 3.8) is 0 Å². The third kappa shape index (κ3) is 4.93. The normalized spacial score (nSPS) is 17.2. The van der Waals surface area contributed by atoms with Crippen molar-refractivity contribution in [1.29, 1.82) is 0 Å². The first-order chi connectivity index (χ1) is 14.5. The first kappa shape index (κ1) is 20.3. The summed E-state index contributed by atoms with van der Waals surface area (Å²) in [7, 11) is 0. The summed E-state index contributed by atoms with van der Waals surface area (Å²) in [6.45, 7) is 0.0132. The van der Waals surface area contributed by atoms with Crippen molar-refractivity contribution >= 4 is 6.03 Å². The molecule has 1 fully saturated rings. The van der Waals surface area contributed by atoms with Crippen molar-refractivity contribution in [2.45, 2.75) is 38.5 Å². The molecule has 1 aliphatic carbocycles. The van der Waals surface area contributed by atoms with Crippen LogP contribution in [0, 0.1) is 5.92 Å². The van der Waals surface area contributed by atoms with E-state index in [9.17, 15) is 13.6 Å². The SMILES string of the molecule is CC(NC(=O)NC(c1ccc2c(c1)OCCO2)C1CC1)c1ccc(OC(F)F)cc1. The minimum atomic E-state index is -2.86. The van der Waals surface area contributed by atoms with Crippen LogP contribution in [-0.4, -0.2) is 25.9 Å². The first-order valence-corrected chi connectivity index (χ1v) is 10.0. The zero-order valence-electron chi connectivity index (χ0n) is 16.6. The molecule has 0 saturated heterocycles. The fourth-order valence-corrected chi connectivity index (χ4v) is 3.56. The van der Waals surface area contributed by atoms with Gasteiger partial charge in [-0.2, -0.15) is 8.78 Å². The highest BCUT2D eigenvalue weighted by atomic mass is 19.3. The molecule has 2 atom stereocenters. The van der Waals surface area contributed by atoms with Gasteiger partial charge in [0.05, 0.1) is 12.1 Å². The van der Waals surface area contributed by atoms with Gasteiger partial charge in [0.1, 0.15) is 19.0 Å². The molecule has 6 nitrogen and oxygen atoms in total. The number of amides is 2. The van der Waals surface area contributed by atoms with Crippen LogP contribution in [0.4, 0.5) is 13.6 Å². The van der Waals surface area contributed by atoms with E-state index in [2.05, 4.69) is 15.4 Å². The van der Waals surface area contributed by atoms with Gasteiger partial charge in [-0.15, -0.1) is 0 Å². The lowest BCUT2D eigenvalue weighted by atomic mass is 10.0. The van der Waals surface area contributed by atoms with Crippen LogP contribution in [0.3, 0.4) is 0 Å². The average molecular weight is 418 g/mol. The number of nitrogens with one attached hydrogen (secondary N) is 2. The summed E-state index contributed by atoms with van der Waals surface area (Å²) in [6.07, 6.45) is 2.11. The predicted octanol–water partition coefficient (Wildman–Crippen LogP) is 4.57. The standard InChI is InChI=1S/C22H24F2N2O4/c1-13(14-4-7-17(8-5-14)30-21(23)24)25-22(27)26-20(15-2-3-15)16-6-9-18-19(12-16)29-11-10-28-18/h4-9,12-13,15,20-21H,2-3,10-11H2,1H3,(H2,25,26,27). The number of carbonyl (C=O) groups excluding carboxylic acids is 1. The van der Waals surface area contributed by atoms with E-state index in [0.717, 1.165) is 29.7 Å². The number of hydrogen-bond acceptors (Lipinski definition) is 4. The molecule has 8 heteroatoms. The minimum absolute atomic E-state index is 0.0813. The maximum Gasteiger partial charge on any atom is 0.387 e. The number of benzene rings is 2. The van der Waals surface area contributed by atoms with Gasteiger partial charge in [0.2, 0.25) is 0 Å². The predicted molar refractivity (Wildman–Crippen MR) is 106 cm³/mol. The molecule has 0 bridgehead atoms. The monoisotopic (exact) mass is 418 g/mol. The Morgan fingerprint density at radius 3 is 2.33 bits per heavy atom. The molecule has 2 unspecified atom stereocenters. The van der Waals surface area contributed by atoms with Crippen molar-refractivity contribution in [2.75, 3.05) is 13.2 Å². The van der Waals surface area contributed by atoms with Crippen molar-refractivity contribution in [1.82, 2.24) is 10.6 Å². The Hall–Kier alpha value is -3.03. The van der Waals surface area contributed by atoms with Crippen molar-refractivity contribution in [3.05, 3.63) is 53.6 Å². The van der Waals surface area contributed by atoms with E-state index < -0.39 is 6.61 Å². The van der Waals surface area contributed by atoms with Crippen LogP contribution in [0.5, 0.6) is 17.2 Å². The quantitative estimate of drug-likeness (QED) is 0.691. The molecule has 2 aliphatic rings. The molecule has 1 aliphatic heterocycles. The Kier molecular flexibility index (Phi) is 5.92. The second kappa shape index (κ2) is 8.77. The van der Waals surface area contributed by atoms with E-state index in [4.69, 9.17) is 9.47 Å². The molecule has 2 N–H and O–H groups in total. The highest BCUT2D eigenvalue weighted by molar-refractivity contribution is 5.75. The van der Waals surface area contributed by atoms with Gasteiger partial charge in [-0.05, 0) is 61.1 Å². The molecule has 160 valence electrons. The Morgan fingerprint density at radius 2 is 1.67 bits per heavy atom. The molecule has 0 aromatic heterocycles. The molecule has 0 radical (unpaired) electrons. The summed E-state index contributed by atoms with van der Waals surface area (Å²) in [5, 5.41) is 5.98. The van der Waals surface area contributed by atoms with Crippen LogP contribution >= 0.6 is 0 Å². The topological polar surface area (TPSA) is 68.8 Å². The van der Waals surface area contributed by atoms with Crippen LogP contribution in [0.15, 0.2) is 42.5 Å². The van der Waals surface area contributed by atoms with Gasteiger partial charge in [0, 0.05) is 0 Å². The summed E-state index contributed by atoms with van der Waals surface area (Å²) < 4.78 is 40.1. The molecule has 1 heterocycles. The zero-order valence-corrected chi connectivity index (χ0v) is 16.6. The van der Waals surface area contributed by atoms with Gasteiger partial charge >= 0.3 is 12.6 Å². The van der Waals surface area contributed by atoms with Crippen LogP contribution < -0.4 is 24.8 Å². The summed E-state index contributed by atoms with van der Waals surface area (Å²) in [5.74, 6) is 1.89. The number of fused-ring (bicyclic) bond motifs is 1. The highest BCUT2D eigenvalue weighted by Gasteiger charge is 2.34. The third-order valence-corrected chi connectivity index (χ3v) is 5.26. The van der Waals surface area contributed by atoms with Crippen LogP contribution in [-0.2, 0) is 0 Å². The lowest BCUT2D eigenvalue weighted by molar-refractivity contribution is -0.0498. The summed E-state index contributed by atoms with van der Waals surface area (Å²) >= 11 is 0. The van der Waals surface area contributed by atoms with Gasteiger partial charge in [-0.25, -0.2) is 4.79 Å². The molecule has 30 heavy (non-hydrogen) atoms. The van der Waals surface area contributed by atoms with Crippen LogP contribution in [0.25, 0.3) is 0 Å². The van der Waals surface area contributed by atoms with Crippen LogP contribution in [0.1, 0.15) is 43.0 Å². The molecule has 4 rings (SSSR count). The van der Waals surface area contributed by atoms with E-state index in [1.54, 1.807) is 12.1 Å². The van der Waals surface area contributed by atoms with Crippen molar-refractivity contribution in [2.24, 2.45) is 5.92 Å². The van der Waals surface area contributed by atoms with E-state index in [0.29, 0.717) is 24.9 Å². The largest absolute Gasteiger partial charge is 0.486 e. The number of ether oxygens (including phenoxy) is 3. The van der Waals surface area contributed by atoms with E-state index in [1.165, 1.54) is 12.1 Å². The number of rotatable bonds is 7. The lowest BCUT2D eigenvalue weighted by Crippen LogP contribution is -2.40. The molecule has 1 saturated carbocycles. The summed E-state index contributed by atoms with van der Waals surface area (Å²) in [4.78, 5) is 12.6.